The van der Waals surface area contributed by atoms with Gasteiger partial charge in [0.15, 0.2) is 0 Å². The van der Waals surface area contributed by atoms with Gasteiger partial charge in [-0.05, 0) is 30.5 Å². The summed E-state index contributed by atoms with van der Waals surface area (Å²) in [5, 5.41) is 3.26. The highest BCUT2D eigenvalue weighted by atomic mass is 35.5. The molecule has 1 fully saturated rings. The normalized spacial score (nSPS) is 16.3. The molecule has 0 unspecified atom stereocenters. The second-order valence-corrected chi connectivity index (χ2v) is 5.70. The van der Waals surface area contributed by atoms with E-state index in [1.54, 1.807) is 12.1 Å². The lowest BCUT2D eigenvalue weighted by Crippen LogP contribution is -2.45. The molecular weight excluding hydrogens is 395 g/mol. The second-order valence-electron chi connectivity index (χ2n) is 5.70. The predicted molar refractivity (Wildman–Crippen MR) is 99.1 cm³/mol. The van der Waals surface area contributed by atoms with Gasteiger partial charge in [0.2, 0.25) is 0 Å². The van der Waals surface area contributed by atoms with E-state index in [1.807, 2.05) is 6.07 Å². The molecule has 1 heterocycles. The van der Waals surface area contributed by atoms with Gasteiger partial charge in [-0.2, -0.15) is 17.6 Å². The number of alkyl halides is 4. The average Bonchev–Trinajstić information content (AvgIpc) is 2.56. The first-order chi connectivity index (χ1) is 11.4. The molecule has 0 aromatic heterocycles. The summed E-state index contributed by atoms with van der Waals surface area (Å²) in [5.41, 5.74) is 0.779. The molecular formula is C17H24Cl2F4N2O. The van der Waals surface area contributed by atoms with Crippen LogP contribution in [0, 0.1) is 0 Å². The number of rotatable bonds is 8. The minimum Gasteiger partial charge on any atom is -0.428 e. The lowest BCUT2D eigenvalue weighted by Gasteiger charge is -2.35. The van der Waals surface area contributed by atoms with Gasteiger partial charge in [0.05, 0.1) is 0 Å². The number of benzene rings is 1. The maximum Gasteiger partial charge on any atom is 0.461 e. The van der Waals surface area contributed by atoms with Crippen molar-refractivity contribution in [1.82, 2.24) is 10.2 Å². The summed E-state index contributed by atoms with van der Waals surface area (Å²) in [6.07, 6.45) is -5.01. The fourth-order valence-corrected chi connectivity index (χ4v) is 2.82. The van der Waals surface area contributed by atoms with Crippen LogP contribution >= 0.6 is 24.8 Å². The quantitative estimate of drug-likeness (QED) is 0.489. The molecule has 26 heavy (non-hydrogen) atoms. The molecule has 1 atom stereocenters. The minimum atomic E-state index is -4.50. The van der Waals surface area contributed by atoms with Gasteiger partial charge in [0.1, 0.15) is 5.75 Å². The minimum absolute atomic E-state index is 0. The highest BCUT2D eigenvalue weighted by Gasteiger charge is 2.44. The van der Waals surface area contributed by atoms with Crippen LogP contribution in [0.25, 0.3) is 0 Å². The van der Waals surface area contributed by atoms with Gasteiger partial charge in [-0.25, -0.2) is 0 Å². The van der Waals surface area contributed by atoms with Crippen molar-refractivity contribution in [2.24, 2.45) is 0 Å². The lowest BCUT2D eigenvalue weighted by molar-refractivity contribution is -0.253. The Morgan fingerprint density at radius 2 is 1.88 bits per heavy atom. The topological polar surface area (TPSA) is 24.5 Å². The van der Waals surface area contributed by atoms with Gasteiger partial charge in [0.25, 0.3) is 0 Å². The summed E-state index contributed by atoms with van der Waals surface area (Å²) in [7, 11) is 0. The lowest BCUT2D eigenvalue weighted by atomic mass is 9.99. The smallest absolute Gasteiger partial charge is 0.428 e. The number of nitrogens with one attached hydrogen (secondary N) is 1. The van der Waals surface area contributed by atoms with Crippen molar-refractivity contribution in [1.29, 1.82) is 0 Å². The molecule has 1 N–H and O–H groups in total. The zero-order chi connectivity index (χ0) is 17.6. The van der Waals surface area contributed by atoms with E-state index in [0.717, 1.165) is 44.6 Å². The Bertz CT molecular complexity index is 543. The second kappa shape index (κ2) is 11.6. The average molecular weight is 419 g/mol. The number of nitrogens with zero attached hydrogens (tertiary/aromatic N) is 1. The summed E-state index contributed by atoms with van der Waals surface area (Å²) >= 11 is 0. The van der Waals surface area contributed by atoms with Crippen molar-refractivity contribution < 1.29 is 22.3 Å². The highest BCUT2D eigenvalue weighted by molar-refractivity contribution is 5.85. The van der Waals surface area contributed by atoms with Crippen molar-refractivity contribution in [3.63, 3.8) is 0 Å². The first-order valence-corrected chi connectivity index (χ1v) is 7.94. The van der Waals surface area contributed by atoms with Crippen LogP contribution in [0.4, 0.5) is 17.6 Å². The summed E-state index contributed by atoms with van der Waals surface area (Å²) < 4.78 is 55.1. The third-order valence-electron chi connectivity index (χ3n) is 3.99. The van der Waals surface area contributed by atoms with E-state index in [4.69, 9.17) is 0 Å². The first-order valence-electron chi connectivity index (χ1n) is 7.94. The largest absolute Gasteiger partial charge is 0.461 e. The summed E-state index contributed by atoms with van der Waals surface area (Å²) in [5.74, 6) is -0.253. The summed E-state index contributed by atoms with van der Waals surface area (Å²) in [6, 6.07) is 6.06. The molecule has 150 valence electrons. The van der Waals surface area contributed by atoms with E-state index in [2.05, 4.69) is 21.5 Å². The molecule has 0 radical (unpaired) electrons. The monoisotopic (exact) mass is 418 g/mol. The molecule has 9 heteroatoms. The third kappa shape index (κ3) is 6.95. The van der Waals surface area contributed by atoms with Crippen LogP contribution < -0.4 is 10.1 Å². The van der Waals surface area contributed by atoms with Gasteiger partial charge < -0.3 is 10.1 Å². The number of halogens is 6. The number of piperazine rings is 1. The summed E-state index contributed by atoms with van der Waals surface area (Å²) in [6.45, 7) is 7.09. The fraction of sp³-hybridized carbons (Fsp3) is 0.529. The van der Waals surface area contributed by atoms with Gasteiger partial charge in [-0.15, -0.1) is 31.4 Å². The molecule has 1 aromatic carbocycles. The van der Waals surface area contributed by atoms with Crippen LogP contribution in [-0.4, -0.2) is 43.6 Å². The van der Waals surface area contributed by atoms with E-state index < -0.39 is 12.5 Å². The van der Waals surface area contributed by atoms with E-state index in [-0.39, 0.29) is 36.6 Å². The Hall–Kier alpha value is -1.02. The molecule has 0 bridgehead atoms. The van der Waals surface area contributed by atoms with Crippen LogP contribution in [0.2, 0.25) is 0 Å². The highest BCUT2D eigenvalue weighted by Crippen LogP contribution is 2.32. The molecule has 1 saturated heterocycles. The Balaban J connectivity index is 0.00000312. The third-order valence-corrected chi connectivity index (χ3v) is 3.99. The van der Waals surface area contributed by atoms with Crippen LogP contribution in [0.3, 0.4) is 0 Å². The number of ether oxygens (including phenoxy) is 1. The van der Waals surface area contributed by atoms with Gasteiger partial charge >= 0.3 is 12.5 Å². The van der Waals surface area contributed by atoms with Gasteiger partial charge in [0, 0.05) is 32.2 Å². The molecule has 3 nitrogen and oxygen atoms in total. The predicted octanol–water partition coefficient (Wildman–Crippen LogP) is 4.68. The maximum absolute atomic E-state index is 13.1. The molecule has 0 amide bonds. The van der Waals surface area contributed by atoms with Gasteiger partial charge in [-0.3, -0.25) is 4.90 Å². The van der Waals surface area contributed by atoms with Crippen molar-refractivity contribution in [3.8, 4) is 5.75 Å². The van der Waals surface area contributed by atoms with Crippen LogP contribution in [-0.2, 0) is 0 Å². The van der Waals surface area contributed by atoms with Gasteiger partial charge in [-0.1, -0.05) is 18.2 Å². The van der Waals surface area contributed by atoms with Crippen molar-refractivity contribution in [3.05, 3.63) is 42.5 Å². The van der Waals surface area contributed by atoms with E-state index in [9.17, 15) is 17.6 Å². The molecule has 0 spiro atoms. The van der Waals surface area contributed by atoms with Crippen molar-refractivity contribution >= 4 is 24.8 Å². The Morgan fingerprint density at radius 1 is 1.23 bits per heavy atom. The number of hydrogen-bond acceptors (Lipinski definition) is 3. The fourth-order valence-electron chi connectivity index (χ4n) is 2.82. The number of allylic oxidation sites excluding steroid dienone is 1. The van der Waals surface area contributed by atoms with Crippen LogP contribution in [0.15, 0.2) is 36.9 Å². The Kier molecular flexibility index (Phi) is 11.2. The summed E-state index contributed by atoms with van der Waals surface area (Å²) in [4.78, 5) is 2.25. The zero-order valence-corrected chi connectivity index (χ0v) is 15.8. The maximum atomic E-state index is 13.1. The molecule has 0 aliphatic carbocycles. The van der Waals surface area contributed by atoms with Crippen molar-refractivity contribution in [2.45, 2.75) is 31.4 Å². The Morgan fingerprint density at radius 3 is 2.46 bits per heavy atom. The molecule has 1 aliphatic heterocycles. The standard InChI is InChI=1S/C17H22F4N2O.2ClH/c1-2-3-7-15(23-10-8-22-9-11-23)13-5-4-6-14(12-13)24-17(20,21)16(18)19;;/h2,4-6,12,15-16,22H,1,3,7-11H2;2*1H/t15-;;/m0../s1. The SMILES string of the molecule is C=CCC[C@@H](c1cccc(OC(F)(F)C(F)F)c1)N1CCNCC1.Cl.Cl. The van der Waals surface area contributed by atoms with Crippen LogP contribution in [0.1, 0.15) is 24.4 Å². The zero-order valence-electron chi connectivity index (χ0n) is 14.2. The van der Waals surface area contributed by atoms with Crippen molar-refractivity contribution in [2.75, 3.05) is 26.2 Å². The molecule has 0 saturated carbocycles. The number of hydrogen-bond donors (Lipinski definition) is 1. The Labute approximate surface area is 163 Å². The van der Waals surface area contributed by atoms with E-state index in [0.29, 0.717) is 0 Å². The first kappa shape index (κ1) is 25.0. The molecule has 2 rings (SSSR count). The molecule has 1 aromatic rings. The molecule has 1 aliphatic rings. The van der Waals surface area contributed by atoms with E-state index in [1.165, 1.54) is 12.1 Å². The van der Waals surface area contributed by atoms with E-state index >= 15 is 0 Å². The van der Waals surface area contributed by atoms with Crippen LogP contribution in [0.5, 0.6) is 5.75 Å².